The smallest absolute Gasteiger partial charge is 0.0111 e. The van der Waals surface area contributed by atoms with E-state index in [1.807, 2.05) is 6.92 Å². The van der Waals surface area contributed by atoms with Gasteiger partial charge in [0.05, 0.1) is 0 Å². The lowest BCUT2D eigenvalue weighted by Crippen LogP contribution is -2.01. The second-order valence-electron chi connectivity index (χ2n) is 2.35. The van der Waals surface area contributed by atoms with E-state index in [-0.39, 0.29) is 0 Å². The molecule has 2 N–H and O–H groups in total. The highest BCUT2D eigenvalue weighted by atomic mass is 14.7. The van der Waals surface area contributed by atoms with Crippen LogP contribution in [0.4, 0.5) is 0 Å². The van der Waals surface area contributed by atoms with Gasteiger partial charge in [-0.15, -0.1) is 0 Å². The van der Waals surface area contributed by atoms with Crippen molar-refractivity contribution in [1.82, 2.24) is 0 Å². The summed E-state index contributed by atoms with van der Waals surface area (Å²) in [5.74, 6) is 0.653. The Bertz CT molecular complexity index is 96.4. The summed E-state index contributed by atoms with van der Waals surface area (Å²) in [5, 5.41) is 0. The Morgan fingerprint density at radius 1 is 1.86 bits per heavy atom. The van der Waals surface area contributed by atoms with Crippen LogP contribution in [0.3, 0.4) is 0 Å². The van der Waals surface area contributed by atoms with Gasteiger partial charge in [-0.2, -0.15) is 0 Å². The van der Waals surface area contributed by atoms with Crippen molar-refractivity contribution in [3.8, 4) is 0 Å². The van der Waals surface area contributed by atoms with Gasteiger partial charge in [0, 0.05) is 6.04 Å². The number of nitrogens with two attached hydrogens (primary N) is 1. The highest BCUT2D eigenvalue weighted by Crippen LogP contribution is 2.33. The topological polar surface area (TPSA) is 26.0 Å². The summed E-state index contributed by atoms with van der Waals surface area (Å²) in [6.07, 6.45) is 1.16. The van der Waals surface area contributed by atoms with Crippen LogP contribution in [0.1, 0.15) is 13.3 Å². The van der Waals surface area contributed by atoms with Crippen molar-refractivity contribution >= 4 is 0 Å². The molecule has 0 radical (unpaired) electrons. The lowest BCUT2D eigenvalue weighted by molar-refractivity contribution is 0.922. The van der Waals surface area contributed by atoms with Gasteiger partial charge in [0.1, 0.15) is 0 Å². The second-order valence-corrected chi connectivity index (χ2v) is 2.35. The van der Waals surface area contributed by atoms with Crippen molar-refractivity contribution in [3.63, 3.8) is 0 Å². The van der Waals surface area contributed by atoms with Gasteiger partial charge >= 0.3 is 0 Å². The SMILES string of the molecule is C=C(C)[C@H]1CC1N. The second kappa shape index (κ2) is 1.34. The molecule has 1 nitrogen and oxygen atoms in total. The summed E-state index contributed by atoms with van der Waals surface area (Å²) >= 11 is 0. The summed E-state index contributed by atoms with van der Waals surface area (Å²) in [5.41, 5.74) is 6.75. The molecule has 1 aliphatic rings. The van der Waals surface area contributed by atoms with Crippen molar-refractivity contribution in [1.29, 1.82) is 0 Å². The molecule has 0 aromatic carbocycles. The lowest BCUT2D eigenvalue weighted by atomic mass is 10.2. The molecule has 0 amide bonds. The maximum absolute atomic E-state index is 5.51. The van der Waals surface area contributed by atoms with Gasteiger partial charge in [-0.25, -0.2) is 0 Å². The summed E-state index contributed by atoms with van der Waals surface area (Å²) in [6, 6.07) is 0.442. The average Bonchev–Trinajstić information content (AvgIpc) is 2.17. The zero-order chi connectivity index (χ0) is 5.44. The largest absolute Gasteiger partial charge is 0.327 e. The zero-order valence-electron chi connectivity index (χ0n) is 4.65. The van der Waals surface area contributed by atoms with Crippen LogP contribution in [-0.2, 0) is 0 Å². The molecule has 0 bridgehead atoms. The third kappa shape index (κ3) is 0.829. The van der Waals surface area contributed by atoms with Crippen LogP contribution in [0.25, 0.3) is 0 Å². The van der Waals surface area contributed by atoms with Gasteiger partial charge in [-0.1, -0.05) is 12.2 Å². The van der Waals surface area contributed by atoms with Crippen LogP contribution in [0.2, 0.25) is 0 Å². The molecule has 0 heterocycles. The summed E-state index contributed by atoms with van der Waals surface area (Å²) < 4.78 is 0. The number of rotatable bonds is 1. The van der Waals surface area contributed by atoms with Crippen LogP contribution >= 0.6 is 0 Å². The van der Waals surface area contributed by atoms with Gasteiger partial charge in [0.15, 0.2) is 0 Å². The minimum absolute atomic E-state index is 0.442. The van der Waals surface area contributed by atoms with E-state index < -0.39 is 0 Å². The van der Waals surface area contributed by atoms with Gasteiger partial charge in [-0.05, 0) is 19.3 Å². The Labute approximate surface area is 44.2 Å². The van der Waals surface area contributed by atoms with E-state index in [1.165, 1.54) is 5.57 Å². The molecule has 1 heteroatoms. The predicted octanol–water partition coefficient (Wildman–Crippen LogP) is 0.910. The first-order valence-electron chi connectivity index (χ1n) is 2.63. The summed E-state index contributed by atoms with van der Waals surface area (Å²) in [6.45, 7) is 5.83. The monoisotopic (exact) mass is 97.1 g/mol. The van der Waals surface area contributed by atoms with Crippen molar-refractivity contribution in [2.45, 2.75) is 19.4 Å². The molecule has 2 atom stereocenters. The van der Waals surface area contributed by atoms with Crippen LogP contribution in [0.15, 0.2) is 12.2 Å². The Balaban J connectivity index is 2.33. The Hall–Kier alpha value is -0.300. The van der Waals surface area contributed by atoms with Gasteiger partial charge in [-0.3, -0.25) is 0 Å². The molecule has 40 valence electrons. The summed E-state index contributed by atoms with van der Waals surface area (Å²) in [4.78, 5) is 0. The molecule has 0 spiro atoms. The highest BCUT2D eigenvalue weighted by molar-refractivity contribution is 5.11. The fourth-order valence-electron chi connectivity index (χ4n) is 0.781. The molecule has 0 aliphatic heterocycles. The van der Waals surface area contributed by atoms with E-state index in [0.29, 0.717) is 12.0 Å². The molecule has 0 aromatic heterocycles. The first-order chi connectivity index (χ1) is 3.22. The third-order valence-corrected chi connectivity index (χ3v) is 1.47. The Morgan fingerprint density at radius 3 is 2.29 bits per heavy atom. The van der Waals surface area contributed by atoms with Crippen LogP contribution in [0.5, 0.6) is 0 Å². The number of hydrogen-bond acceptors (Lipinski definition) is 1. The molecule has 0 saturated heterocycles. The third-order valence-electron chi connectivity index (χ3n) is 1.47. The molecule has 1 unspecified atom stereocenters. The molecule has 7 heavy (non-hydrogen) atoms. The molecule has 1 fully saturated rings. The summed E-state index contributed by atoms with van der Waals surface area (Å²) in [7, 11) is 0. The highest BCUT2D eigenvalue weighted by Gasteiger charge is 2.33. The maximum Gasteiger partial charge on any atom is 0.0111 e. The van der Waals surface area contributed by atoms with Gasteiger partial charge in [0.25, 0.3) is 0 Å². The maximum atomic E-state index is 5.51. The van der Waals surface area contributed by atoms with E-state index in [4.69, 9.17) is 5.73 Å². The standard InChI is InChI=1S/C6H11N/c1-4(2)5-3-6(5)7/h5-6H,1,3,7H2,2H3/t5-,6?/m1/s1. The molecule has 1 aliphatic carbocycles. The lowest BCUT2D eigenvalue weighted by Gasteiger charge is -1.87. The first-order valence-corrected chi connectivity index (χ1v) is 2.63. The minimum atomic E-state index is 0.442. The average molecular weight is 97.2 g/mol. The van der Waals surface area contributed by atoms with E-state index in [0.717, 1.165) is 6.42 Å². The van der Waals surface area contributed by atoms with Crippen LogP contribution in [-0.4, -0.2) is 6.04 Å². The minimum Gasteiger partial charge on any atom is -0.327 e. The van der Waals surface area contributed by atoms with Crippen LogP contribution in [0, 0.1) is 5.92 Å². The fourth-order valence-corrected chi connectivity index (χ4v) is 0.781. The van der Waals surface area contributed by atoms with E-state index in [1.54, 1.807) is 0 Å². The quantitative estimate of drug-likeness (QED) is 0.483. The zero-order valence-corrected chi connectivity index (χ0v) is 4.65. The number of hydrogen-bond donors (Lipinski definition) is 1. The molecular weight excluding hydrogens is 86.1 g/mol. The molecular formula is C6H11N. The van der Waals surface area contributed by atoms with E-state index in [9.17, 15) is 0 Å². The van der Waals surface area contributed by atoms with Crippen LogP contribution < -0.4 is 5.73 Å². The Kier molecular flexibility index (Phi) is 0.927. The van der Waals surface area contributed by atoms with Crippen molar-refractivity contribution in [3.05, 3.63) is 12.2 Å². The predicted molar refractivity (Wildman–Crippen MR) is 30.9 cm³/mol. The molecule has 1 rings (SSSR count). The molecule has 1 saturated carbocycles. The first kappa shape index (κ1) is 4.85. The van der Waals surface area contributed by atoms with Gasteiger partial charge < -0.3 is 5.73 Å². The van der Waals surface area contributed by atoms with Crippen molar-refractivity contribution in [2.24, 2.45) is 11.7 Å². The van der Waals surface area contributed by atoms with Crippen molar-refractivity contribution in [2.75, 3.05) is 0 Å². The normalized spacial score (nSPS) is 38.0. The molecule has 0 aromatic rings. The van der Waals surface area contributed by atoms with Gasteiger partial charge in [0.2, 0.25) is 0 Å². The Morgan fingerprint density at radius 2 is 2.29 bits per heavy atom. The van der Waals surface area contributed by atoms with E-state index in [2.05, 4.69) is 6.58 Å². The van der Waals surface area contributed by atoms with Crippen molar-refractivity contribution < 1.29 is 0 Å². The fraction of sp³-hybridized carbons (Fsp3) is 0.667. The van der Waals surface area contributed by atoms with E-state index >= 15 is 0 Å².